The van der Waals surface area contributed by atoms with Crippen LogP contribution < -0.4 is 5.32 Å². The molecule has 1 aromatic heterocycles. The second kappa shape index (κ2) is 4.99. The fraction of sp³-hybridized carbons (Fsp3) is 0.500. The van der Waals surface area contributed by atoms with Gasteiger partial charge in [0, 0.05) is 6.07 Å². The zero-order valence-corrected chi connectivity index (χ0v) is 11.2. The Morgan fingerprint density at radius 3 is 2.95 bits per heavy atom. The maximum atomic E-state index is 12.2. The summed E-state index contributed by atoms with van der Waals surface area (Å²) in [5, 5.41) is 13.5. The summed E-state index contributed by atoms with van der Waals surface area (Å²) in [6.07, 6.45) is 4.00. The fourth-order valence-electron chi connectivity index (χ4n) is 2.73. The predicted molar refractivity (Wildman–Crippen MR) is 69.7 cm³/mol. The van der Waals surface area contributed by atoms with E-state index in [1.54, 1.807) is 0 Å². The van der Waals surface area contributed by atoms with Crippen LogP contribution in [0.15, 0.2) is 12.3 Å². The highest BCUT2D eigenvalue weighted by Crippen LogP contribution is 2.34. The van der Waals surface area contributed by atoms with Crippen LogP contribution in [0.3, 0.4) is 0 Å². The van der Waals surface area contributed by atoms with Gasteiger partial charge in [-0.15, -0.1) is 0 Å². The third-order valence-electron chi connectivity index (χ3n) is 3.70. The summed E-state index contributed by atoms with van der Waals surface area (Å²) < 4.78 is 5.64. The lowest BCUT2D eigenvalue weighted by molar-refractivity contribution is -0.385. The molecule has 106 valence electrons. The number of carbonyl (C=O) groups excluding carboxylic acids is 1. The van der Waals surface area contributed by atoms with Crippen LogP contribution in [0, 0.1) is 10.1 Å². The number of nitro groups is 1. The molecule has 2 fully saturated rings. The number of hydrogen-bond donors (Lipinski definition) is 1. The number of halogens is 1. The summed E-state index contributed by atoms with van der Waals surface area (Å²) >= 11 is 5.83. The second-order valence-corrected chi connectivity index (χ2v) is 5.34. The lowest BCUT2D eigenvalue weighted by atomic mass is 9.95. The molecule has 0 spiro atoms. The quantitative estimate of drug-likeness (QED) is 0.520. The number of nitrogens with zero attached hydrogens (tertiary/aromatic N) is 2. The van der Waals surface area contributed by atoms with Gasteiger partial charge in [-0.1, -0.05) is 11.6 Å². The second-order valence-electron chi connectivity index (χ2n) is 4.98. The van der Waals surface area contributed by atoms with Crippen LogP contribution >= 0.6 is 11.6 Å². The van der Waals surface area contributed by atoms with E-state index in [-0.39, 0.29) is 34.7 Å². The van der Waals surface area contributed by atoms with Crippen LogP contribution in [0.2, 0.25) is 5.15 Å². The Hall–Kier alpha value is -1.73. The summed E-state index contributed by atoms with van der Waals surface area (Å²) in [6, 6.07) is 1.08. The molecule has 0 aliphatic carbocycles. The Balaban J connectivity index is 1.76. The first-order valence-corrected chi connectivity index (χ1v) is 6.68. The van der Waals surface area contributed by atoms with Crippen LogP contribution in [-0.4, -0.2) is 34.1 Å². The molecule has 3 rings (SSSR count). The van der Waals surface area contributed by atoms with E-state index < -0.39 is 10.8 Å². The summed E-state index contributed by atoms with van der Waals surface area (Å²) in [7, 11) is 0. The van der Waals surface area contributed by atoms with Crippen LogP contribution in [0.25, 0.3) is 0 Å². The Bertz CT molecular complexity index is 580. The average molecular weight is 298 g/mol. The van der Waals surface area contributed by atoms with Crippen molar-refractivity contribution in [2.45, 2.75) is 37.5 Å². The molecule has 1 aromatic rings. The highest BCUT2D eigenvalue weighted by Gasteiger charge is 2.41. The number of aromatic nitrogens is 1. The van der Waals surface area contributed by atoms with Gasteiger partial charge >= 0.3 is 0 Å². The SMILES string of the molecule is O=C(NC1CC2CCC1O2)c1cc([N+](=O)[O-])cnc1Cl. The molecule has 2 bridgehead atoms. The van der Waals surface area contributed by atoms with E-state index in [1.165, 1.54) is 0 Å². The van der Waals surface area contributed by atoms with Crippen molar-refractivity contribution in [2.75, 3.05) is 0 Å². The summed E-state index contributed by atoms with van der Waals surface area (Å²) in [6.45, 7) is 0. The van der Waals surface area contributed by atoms with E-state index >= 15 is 0 Å². The van der Waals surface area contributed by atoms with Gasteiger partial charge in [0.15, 0.2) is 0 Å². The molecule has 0 aromatic carbocycles. The Labute approximate surface area is 119 Å². The summed E-state index contributed by atoms with van der Waals surface area (Å²) in [4.78, 5) is 25.9. The van der Waals surface area contributed by atoms with E-state index in [2.05, 4.69) is 10.3 Å². The topological polar surface area (TPSA) is 94.4 Å². The highest BCUT2D eigenvalue weighted by atomic mass is 35.5. The number of fused-ring (bicyclic) bond motifs is 2. The number of ether oxygens (including phenoxy) is 1. The number of nitrogens with one attached hydrogen (secondary N) is 1. The number of pyridine rings is 1. The van der Waals surface area contributed by atoms with Crippen molar-refractivity contribution in [3.05, 3.63) is 33.1 Å². The van der Waals surface area contributed by atoms with Crippen molar-refractivity contribution >= 4 is 23.2 Å². The van der Waals surface area contributed by atoms with Crippen molar-refractivity contribution in [2.24, 2.45) is 0 Å². The number of carbonyl (C=O) groups is 1. The minimum absolute atomic E-state index is 0.0173. The minimum Gasteiger partial charge on any atom is -0.373 e. The van der Waals surface area contributed by atoms with Gasteiger partial charge in [0.2, 0.25) is 0 Å². The molecule has 8 heteroatoms. The zero-order chi connectivity index (χ0) is 14.3. The average Bonchev–Trinajstić information content (AvgIpc) is 3.01. The zero-order valence-electron chi connectivity index (χ0n) is 10.4. The van der Waals surface area contributed by atoms with E-state index in [9.17, 15) is 14.9 Å². The molecule has 0 radical (unpaired) electrons. The monoisotopic (exact) mass is 297 g/mol. The molecule has 3 unspecified atom stereocenters. The van der Waals surface area contributed by atoms with Crippen molar-refractivity contribution < 1.29 is 14.5 Å². The third kappa shape index (κ3) is 2.34. The van der Waals surface area contributed by atoms with Gasteiger partial charge in [0.05, 0.1) is 28.7 Å². The lowest BCUT2D eigenvalue weighted by Crippen LogP contribution is -2.41. The van der Waals surface area contributed by atoms with Gasteiger partial charge in [-0.25, -0.2) is 4.98 Å². The van der Waals surface area contributed by atoms with Crippen LogP contribution in [-0.2, 0) is 4.74 Å². The van der Waals surface area contributed by atoms with Gasteiger partial charge in [-0.2, -0.15) is 0 Å². The van der Waals surface area contributed by atoms with Crippen LogP contribution in [0.1, 0.15) is 29.6 Å². The van der Waals surface area contributed by atoms with Crippen LogP contribution in [0.5, 0.6) is 0 Å². The van der Waals surface area contributed by atoms with Gasteiger partial charge in [0.1, 0.15) is 11.3 Å². The summed E-state index contributed by atoms with van der Waals surface area (Å²) in [5.41, 5.74) is -0.243. The van der Waals surface area contributed by atoms with Gasteiger partial charge in [-0.3, -0.25) is 14.9 Å². The fourth-order valence-corrected chi connectivity index (χ4v) is 2.92. The minimum atomic E-state index is -0.610. The smallest absolute Gasteiger partial charge is 0.288 e. The molecule has 2 aliphatic rings. The molecule has 1 amide bonds. The van der Waals surface area contributed by atoms with Gasteiger partial charge in [-0.05, 0) is 19.3 Å². The molecule has 1 N–H and O–H groups in total. The van der Waals surface area contributed by atoms with Crippen molar-refractivity contribution in [1.29, 1.82) is 0 Å². The molecule has 7 nitrogen and oxygen atoms in total. The van der Waals surface area contributed by atoms with E-state index in [0.29, 0.717) is 0 Å². The highest BCUT2D eigenvalue weighted by molar-refractivity contribution is 6.32. The van der Waals surface area contributed by atoms with E-state index in [0.717, 1.165) is 31.5 Å². The summed E-state index contributed by atoms with van der Waals surface area (Å²) in [5.74, 6) is -0.452. The molecule has 0 saturated carbocycles. The Morgan fingerprint density at radius 1 is 1.55 bits per heavy atom. The molecule has 2 aliphatic heterocycles. The first kappa shape index (κ1) is 13.3. The first-order valence-electron chi connectivity index (χ1n) is 6.31. The lowest BCUT2D eigenvalue weighted by Gasteiger charge is -2.20. The van der Waals surface area contributed by atoms with Crippen molar-refractivity contribution in [3.8, 4) is 0 Å². The number of rotatable bonds is 3. The predicted octanol–water partition coefficient (Wildman–Crippen LogP) is 1.69. The molecule has 3 heterocycles. The molecule has 20 heavy (non-hydrogen) atoms. The van der Waals surface area contributed by atoms with E-state index in [1.807, 2.05) is 0 Å². The number of hydrogen-bond acceptors (Lipinski definition) is 5. The van der Waals surface area contributed by atoms with Gasteiger partial charge < -0.3 is 10.1 Å². The molecular weight excluding hydrogens is 286 g/mol. The van der Waals surface area contributed by atoms with Crippen molar-refractivity contribution in [3.63, 3.8) is 0 Å². The largest absolute Gasteiger partial charge is 0.373 e. The number of amides is 1. The first-order chi connectivity index (χ1) is 9.54. The third-order valence-corrected chi connectivity index (χ3v) is 4.00. The van der Waals surface area contributed by atoms with E-state index in [4.69, 9.17) is 16.3 Å². The van der Waals surface area contributed by atoms with Gasteiger partial charge in [0.25, 0.3) is 11.6 Å². The molecule has 2 saturated heterocycles. The van der Waals surface area contributed by atoms with Crippen LogP contribution in [0.4, 0.5) is 5.69 Å². The normalized spacial score (nSPS) is 27.6. The maximum absolute atomic E-state index is 12.2. The van der Waals surface area contributed by atoms with Crippen molar-refractivity contribution in [1.82, 2.24) is 10.3 Å². The molecular formula is C12H12ClN3O4. The standard InChI is InChI=1S/C12H12ClN3O4/c13-11-8(3-6(5-14-11)16(18)19)12(17)15-9-4-7-1-2-10(9)20-7/h3,5,7,9-10H,1-2,4H2,(H,15,17). The Morgan fingerprint density at radius 2 is 2.35 bits per heavy atom. The molecule has 3 atom stereocenters. The maximum Gasteiger partial charge on any atom is 0.288 e. The Kier molecular flexibility index (Phi) is 3.31.